The molecule has 0 saturated carbocycles. The largest absolute Gasteiger partial charge is 0.495 e. The van der Waals surface area contributed by atoms with Crippen LogP contribution in [0.25, 0.3) is 0 Å². The average Bonchev–Trinajstić information content (AvgIpc) is 2.65. The fourth-order valence-electron chi connectivity index (χ4n) is 3.36. The van der Waals surface area contributed by atoms with E-state index in [1.165, 1.54) is 6.07 Å². The van der Waals surface area contributed by atoms with Crippen LogP contribution in [0, 0.1) is 18.6 Å². The number of carbonyl (C=O) groups is 1. The molecule has 1 aliphatic heterocycles. The van der Waals surface area contributed by atoms with E-state index in [1.54, 1.807) is 24.1 Å². The molecule has 1 heterocycles. The van der Waals surface area contributed by atoms with Gasteiger partial charge in [-0.25, -0.2) is 13.6 Å². The number of hydrogen-bond acceptors (Lipinski definition) is 2. The van der Waals surface area contributed by atoms with Gasteiger partial charge in [-0.15, -0.1) is 0 Å². The first-order valence-corrected chi connectivity index (χ1v) is 8.64. The summed E-state index contributed by atoms with van der Waals surface area (Å²) in [5.41, 5.74) is 2.27. The highest BCUT2D eigenvalue weighted by Crippen LogP contribution is 2.30. The zero-order chi connectivity index (χ0) is 18.7. The van der Waals surface area contributed by atoms with Crippen molar-refractivity contribution in [3.05, 3.63) is 59.2 Å². The Labute approximate surface area is 151 Å². The number of hydrogen-bond donors (Lipinski definition) is 1. The Kier molecular flexibility index (Phi) is 5.40. The van der Waals surface area contributed by atoms with Crippen molar-refractivity contribution >= 4 is 11.7 Å². The molecule has 1 fully saturated rings. The first kappa shape index (κ1) is 18.2. The number of amides is 2. The van der Waals surface area contributed by atoms with Crippen LogP contribution in [0.4, 0.5) is 19.3 Å². The Hall–Kier alpha value is -2.63. The third kappa shape index (κ3) is 3.79. The number of halogens is 2. The number of methoxy groups -OCH3 is 1. The molecular weight excluding hydrogens is 338 g/mol. The molecular formula is C20H22F2N2O2. The van der Waals surface area contributed by atoms with E-state index in [2.05, 4.69) is 5.32 Å². The van der Waals surface area contributed by atoms with E-state index in [-0.39, 0.29) is 11.9 Å². The van der Waals surface area contributed by atoms with Crippen LogP contribution in [-0.4, -0.2) is 31.1 Å². The minimum atomic E-state index is -0.856. The second-order valence-electron chi connectivity index (χ2n) is 6.54. The fraction of sp³-hybridized carbons (Fsp3) is 0.350. The van der Waals surface area contributed by atoms with Gasteiger partial charge in [0.05, 0.1) is 12.8 Å². The molecule has 4 nitrogen and oxygen atoms in total. The topological polar surface area (TPSA) is 41.6 Å². The number of nitrogens with one attached hydrogen (secondary N) is 1. The molecule has 2 amide bonds. The Morgan fingerprint density at radius 1 is 1.23 bits per heavy atom. The molecule has 0 radical (unpaired) electrons. The van der Waals surface area contributed by atoms with Crippen molar-refractivity contribution in [1.29, 1.82) is 0 Å². The van der Waals surface area contributed by atoms with Crippen LogP contribution in [0.3, 0.4) is 0 Å². The second kappa shape index (κ2) is 7.72. The monoisotopic (exact) mass is 360 g/mol. The number of anilines is 1. The maximum Gasteiger partial charge on any atom is 0.321 e. The van der Waals surface area contributed by atoms with Crippen LogP contribution < -0.4 is 10.1 Å². The summed E-state index contributed by atoms with van der Waals surface area (Å²) >= 11 is 0. The molecule has 138 valence electrons. The zero-order valence-corrected chi connectivity index (χ0v) is 14.9. The maximum absolute atomic E-state index is 13.5. The van der Waals surface area contributed by atoms with Crippen LogP contribution in [0.15, 0.2) is 36.4 Å². The average molecular weight is 360 g/mol. The summed E-state index contributed by atoms with van der Waals surface area (Å²) in [5, 5.41) is 2.92. The van der Waals surface area contributed by atoms with Gasteiger partial charge in [-0.2, -0.15) is 0 Å². The third-order valence-electron chi connectivity index (χ3n) is 4.81. The quantitative estimate of drug-likeness (QED) is 0.862. The minimum Gasteiger partial charge on any atom is -0.495 e. The lowest BCUT2D eigenvalue weighted by atomic mass is 9.90. The van der Waals surface area contributed by atoms with Gasteiger partial charge in [0.1, 0.15) is 5.75 Å². The van der Waals surface area contributed by atoms with Crippen molar-refractivity contribution < 1.29 is 18.3 Å². The SMILES string of the molecule is COc1cccc(C)c1NC(=O)N1CCCC(c2ccc(F)c(F)c2)C1. The van der Waals surface area contributed by atoms with Crippen LogP contribution in [0.5, 0.6) is 5.75 Å². The van der Waals surface area contributed by atoms with Crippen molar-refractivity contribution in [2.45, 2.75) is 25.7 Å². The number of nitrogens with zero attached hydrogens (tertiary/aromatic N) is 1. The van der Waals surface area contributed by atoms with Gasteiger partial charge in [0, 0.05) is 19.0 Å². The number of likely N-dealkylation sites (tertiary alicyclic amines) is 1. The van der Waals surface area contributed by atoms with E-state index >= 15 is 0 Å². The first-order valence-electron chi connectivity index (χ1n) is 8.64. The Morgan fingerprint density at radius 3 is 2.77 bits per heavy atom. The summed E-state index contributed by atoms with van der Waals surface area (Å²) in [6.07, 6.45) is 1.64. The molecule has 0 spiro atoms. The summed E-state index contributed by atoms with van der Waals surface area (Å²) < 4.78 is 32.0. The lowest BCUT2D eigenvalue weighted by molar-refractivity contribution is 0.192. The summed E-state index contributed by atoms with van der Waals surface area (Å²) in [6.45, 7) is 2.99. The number of aryl methyl sites for hydroxylation is 1. The van der Waals surface area contributed by atoms with Gasteiger partial charge < -0.3 is 15.0 Å². The molecule has 0 aliphatic carbocycles. The molecule has 1 unspecified atom stereocenters. The number of carbonyl (C=O) groups excluding carboxylic acids is 1. The standard InChI is InChI=1S/C20H22F2N2O2/c1-13-5-3-7-18(26-2)19(13)23-20(25)24-10-4-6-15(12-24)14-8-9-16(21)17(22)11-14/h3,5,7-9,11,15H,4,6,10,12H2,1-2H3,(H,23,25). The number of rotatable bonds is 3. The van der Waals surface area contributed by atoms with E-state index in [4.69, 9.17) is 4.74 Å². The van der Waals surface area contributed by atoms with Crippen molar-refractivity contribution in [3.8, 4) is 5.75 Å². The molecule has 26 heavy (non-hydrogen) atoms. The Balaban J connectivity index is 1.73. The molecule has 1 aliphatic rings. The molecule has 0 aromatic heterocycles. The third-order valence-corrected chi connectivity index (χ3v) is 4.81. The van der Waals surface area contributed by atoms with Crippen LogP contribution in [0.2, 0.25) is 0 Å². The van der Waals surface area contributed by atoms with Gasteiger partial charge in [-0.3, -0.25) is 0 Å². The highest BCUT2D eigenvalue weighted by Gasteiger charge is 2.26. The number of benzene rings is 2. The smallest absolute Gasteiger partial charge is 0.321 e. The van der Waals surface area contributed by atoms with Gasteiger partial charge in [0.25, 0.3) is 0 Å². The summed E-state index contributed by atoms with van der Waals surface area (Å²) in [4.78, 5) is 14.4. The molecule has 1 N–H and O–H groups in total. The summed E-state index contributed by atoms with van der Waals surface area (Å²) in [5.74, 6) is -1.12. The number of urea groups is 1. The van der Waals surface area contributed by atoms with Gasteiger partial charge in [0.2, 0.25) is 0 Å². The molecule has 1 atom stereocenters. The predicted octanol–water partition coefficient (Wildman–Crippen LogP) is 4.69. The van der Waals surface area contributed by atoms with E-state index < -0.39 is 11.6 Å². The number of ether oxygens (including phenoxy) is 1. The lowest BCUT2D eigenvalue weighted by Crippen LogP contribution is -2.41. The molecule has 2 aromatic rings. The van der Waals surface area contributed by atoms with Crippen LogP contribution in [-0.2, 0) is 0 Å². The lowest BCUT2D eigenvalue weighted by Gasteiger charge is -2.33. The Morgan fingerprint density at radius 2 is 2.04 bits per heavy atom. The fourth-order valence-corrected chi connectivity index (χ4v) is 3.36. The van der Waals surface area contributed by atoms with E-state index in [0.717, 1.165) is 30.0 Å². The van der Waals surface area contributed by atoms with Crippen molar-refractivity contribution in [1.82, 2.24) is 4.90 Å². The zero-order valence-electron chi connectivity index (χ0n) is 14.9. The Bertz CT molecular complexity index is 810. The maximum atomic E-state index is 13.5. The van der Waals surface area contributed by atoms with Crippen molar-refractivity contribution in [2.75, 3.05) is 25.5 Å². The van der Waals surface area contributed by atoms with Crippen LogP contribution >= 0.6 is 0 Å². The van der Waals surface area contributed by atoms with Gasteiger partial charge >= 0.3 is 6.03 Å². The van der Waals surface area contributed by atoms with E-state index in [0.29, 0.717) is 24.5 Å². The van der Waals surface area contributed by atoms with Crippen molar-refractivity contribution in [3.63, 3.8) is 0 Å². The van der Waals surface area contributed by atoms with Crippen molar-refractivity contribution in [2.24, 2.45) is 0 Å². The molecule has 3 rings (SSSR count). The highest BCUT2D eigenvalue weighted by atomic mass is 19.2. The van der Waals surface area contributed by atoms with Gasteiger partial charge in [-0.05, 0) is 49.1 Å². The molecule has 1 saturated heterocycles. The molecule has 0 bridgehead atoms. The second-order valence-corrected chi connectivity index (χ2v) is 6.54. The highest BCUT2D eigenvalue weighted by molar-refractivity contribution is 5.92. The van der Waals surface area contributed by atoms with E-state index in [9.17, 15) is 13.6 Å². The van der Waals surface area contributed by atoms with Crippen LogP contribution in [0.1, 0.15) is 29.9 Å². The summed E-state index contributed by atoms with van der Waals surface area (Å²) in [6, 6.07) is 9.30. The van der Waals surface area contributed by atoms with Gasteiger partial charge in [-0.1, -0.05) is 18.2 Å². The normalized spacial score (nSPS) is 17.1. The predicted molar refractivity (Wildman–Crippen MR) is 96.7 cm³/mol. The number of para-hydroxylation sites is 1. The number of piperidine rings is 1. The van der Waals surface area contributed by atoms with Gasteiger partial charge in [0.15, 0.2) is 11.6 Å². The molecule has 6 heteroatoms. The van der Waals surface area contributed by atoms with E-state index in [1.807, 2.05) is 19.1 Å². The first-order chi connectivity index (χ1) is 12.5. The minimum absolute atomic E-state index is 0.0108. The molecule has 2 aromatic carbocycles. The summed E-state index contributed by atoms with van der Waals surface area (Å²) in [7, 11) is 1.56.